The SMILES string of the molecule is CC(C)c1cc(-c2n[nH]c(=O)n2-c2ccc(N3CCN(C(=O)OC4=COCc5cn6cc7cc8ccccc8nc7c6cc54)CC3)nc2)c(O)cc1O. The third kappa shape index (κ3) is 5.55. The maximum atomic E-state index is 13.4. The number of rotatable bonds is 5. The molecule has 2 aliphatic rings. The molecule has 53 heavy (non-hydrogen) atoms. The zero-order valence-electron chi connectivity index (χ0n) is 28.9. The van der Waals surface area contributed by atoms with Crippen LogP contribution in [0.1, 0.15) is 36.5 Å². The predicted octanol–water partition coefficient (Wildman–Crippen LogP) is 5.90. The number of amides is 1. The molecule has 0 bridgehead atoms. The standard InChI is InChI=1S/C39H34N8O6/c1-22(2)27-14-29(33(49)16-32(27)48)37-42-43-38(50)47(37)26-7-8-35(40-17-26)44-9-11-45(12-10-44)39(51)53-34-21-52-20-25-19-46-18-24-13-23-5-3-4-6-30(23)41-36(24)31(46)15-28(25)34/h3-8,13-19,21-22,48-49H,9-12,20H2,1-2H3,(H,43,50). The average Bonchev–Trinajstić information content (AvgIpc) is 3.72. The first-order valence-electron chi connectivity index (χ1n) is 17.3. The molecule has 0 saturated carbocycles. The van der Waals surface area contributed by atoms with Crippen LogP contribution in [0.25, 0.3) is 50.2 Å². The van der Waals surface area contributed by atoms with Gasteiger partial charge < -0.3 is 33.9 Å². The van der Waals surface area contributed by atoms with Crippen molar-refractivity contribution in [1.82, 2.24) is 34.0 Å². The summed E-state index contributed by atoms with van der Waals surface area (Å²) < 4.78 is 15.0. The van der Waals surface area contributed by atoms with Crippen LogP contribution in [0.2, 0.25) is 0 Å². The first-order chi connectivity index (χ1) is 25.7. The van der Waals surface area contributed by atoms with Crippen LogP contribution in [0.5, 0.6) is 11.5 Å². The molecular weight excluding hydrogens is 676 g/mol. The van der Waals surface area contributed by atoms with Crippen molar-refractivity contribution < 1.29 is 24.5 Å². The lowest BCUT2D eigenvalue weighted by molar-refractivity contribution is 0.135. The molecular formula is C39H34N8O6. The smallest absolute Gasteiger partial charge is 0.415 e. The summed E-state index contributed by atoms with van der Waals surface area (Å²) in [5.74, 6) is 0.954. The fourth-order valence-electron chi connectivity index (χ4n) is 7.12. The molecule has 0 unspecified atom stereocenters. The van der Waals surface area contributed by atoms with E-state index in [4.69, 9.17) is 14.5 Å². The quantitative estimate of drug-likeness (QED) is 0.196. The van der Waals surface area contributed by atoms with Crippen molar-refractivity contribution in [2.75, 3.05) is 31.1 Å². The first kappa shape index (κ1) is 32.1. The Labute approximate surface area is 301 Å². The van der Waals surface area contributed by atoms with Crippen molar-refractivity contribution in [3.8, 4) is 28.6 Å². The van der Waals surface area contributed by atoms with E-state index in [0.29, 0.717) is 61.2 Å². The molecule has 0 aliphatic carbocycles. The van der Waals surface area contributed by atoms with Crippen LogP contribution in [0, 0.1) is 0 Å². The Hall–Kier alpha value is -6.83. The number of phenolic OH excluding ortho intramolecular Hbond substituents is 2. The number of nitrogens with zero attached hydrogens (tertiary/aromatic N) is 7. The minimum absolute atomic E-state index is 0.0244. The Morgan fingerprint density at radius 1 is 0.943 bits per heavy atom. The summed E-state index contributed by atoms with van der Waals surface area (Å²) >= 11 is 0. The van der Waals surface area contributed by atoms with Gasteiger partial charge in [-0.25, -0.2) is 29.2 Å². The number of aromatic hydroxyl groups is 2. The number of hydrogen-bond acceptors (Lipinski definition) is 10. The van der Waals surface area contributed by atoms with Crippen molar-refractivity contribution in [3.63, 3.8) is 0 Å². The van der Waals surface area contributed by atoms with E-state index in [1.54, 1.807) is 29.3 Å². The molecule has 14 heteroatoms. The van der Waals surface area contributed by atoms with Gasteiger partial charge in [0.15, 0.2) is 11.6 Å². The normalized spacial score (nSPS) is 14.5. The van der Waals surface area contributed by atoms with Crippen LogP contribution in [0.3, 0.4) is 0 Å². The van der Waals surface area contributed by atoms with Gasteiger partial charge in [-0.05, 0) is 47.9 Å². The van der Waals surface area contributed by atoms with E-state index in [2.05, 4.69) is 32.3 Å². The number of hydrogen-bond donors (Lipinski definition) is 3. The third-order valence-electron chi connectivity index (χ3n) is 9.90. The highest BCUT2D eigenvalue weighted by Crippen LogP contribution is 2.37. The van der Waals surface area contributed by atoms with Crippen LogP contribution in [0.15, 0.2) is 90.3 Å². The zero-order chi connectivity index (χ0) is 36.4. The highest BCUT2D eigenvalue weighted by Gasteiger charge is 2.27. The topological polar surface area (TPSA) is 163 Å². The molecule has 1 amide bonds. The Bertz CT molecular complexity index is 2670. The predicted molar refractivity (Wildman–Crippen MR) is 198 cm³/mol. The van der Waals surface area contributed by atoms with E-state index in [9.17, 15) is 19.8 Å². The fraction of sp³-hybridized carbons (Fsp3) is 0.205. The Kier molecular flexibility index (Phi) is 7.53. The highest BCUT2D eigenvalue weighted by molar-refractivity contribution is 6.01. The monoisotopic (exact) mass is 710 g/mol. The minimum Gasteiger partial charge on any atom is -0.508 e. The number of para-hydroxylation sites is 1. The van der Waals surface area contributed by atoms with E-state index in [1.165, 1.54) is 16.9 Å². The number of ether oxygens (including phenoxy) is 2. The number of aromatic nitrogens is 6. The summed E-state index contributed by atoms with van der Waals surface area (Å²) in [6.07, 6.45) is 6.64. The van der Waals surface area contributed by atoms with Gasteiger partial charge in [-0.3, -0.25) is 0 Å². The summed E-state index contributed by atoms with van der Waals surface area (Å²) in [6, 6.07) is 18.6. The van der Waals surface area contributed by atoms with Crippen LogP contribution in [-0.2, 0) is 16.1 Å². The molecule has 2 aliphatic heterocycles. The lowest BCUT2D eigenvalue weighted by Crippen LogP contribution is -2.49. The summed E-state index contributed by atoms with van der Waals surface area (Å²) in [7, 11) is 0. The van der Waals surface area contributed by atoms with Gasteiger partial charge in [0.25, 0.3) is 0 Å². The zero-order valence-corrected chi connectivity index (χ0v) is 28.9. The van der Waals surface area contributed by atoms with Crippen molar-refractivity contribution in [3.05, 3.63) is 113 Å². The van der Waals surface area contributed by atoms with E-state index in [1.807, 2.05) is 54.8 Å². The lowest BCUT2D eigenvalue weighted by atomic mass is 9.98. The van der Waals surface area contributed by atoms with Crippen molar-refractivity contribution in [2.45, 2.75) is 26.4 Å². The number of phenols is 2. The van der Waals surface area contributed by atoms with Gasteiger partial charge >= 0.3 is 11.8 Å². The number of fused-ring (bicyclic) bond motifs is 5. The van der Waals surface area contributed by atoms with Gasteiger partial charge in [-0.15, -0.1) is 0 Å². The number of carbonyl (C=O) groups is 1. The summed E-state index contributed by atoms with van der Waals surface area (Å²) in [5.41, 5.74) is 5.24. The first-order valence-corrected chi connectivity index (χ1v) is 17.3. The van der Waals surface area contributed by atoms with Gasteiger partial charge in [0.2, 0.25) is 0 Å². The van der Waals surface area contributed by atoms with Crippen LogP contribution in [-0.4, -0.2) is 76.5 Å². The van der Waals surface area contributed by atoms with Crippen molar-refractivity contribution >= 4 is 45.0 Å². The number of anilines is 1. The van der Waals surface area contributed by atoms with E-state index >= 15 is 0 Å². The van der Waals surface area contributed by atoms with Crippen LogP contribution >= 0.6 is 0 Å². The molecule has 14 nitrogen and oxygen atoms in total. The fourth-order valence-corrected chi connectivity index (χ4v) is 7.12. The van der Waals surface area contributed by atoms with E-state index < -0.39 is 11.8 Å². The number of benzene rings is 2. The minimum atomic E-state index is -0.502. The Morgan fingerprint density at radius 2 is 1.77 bits per heavy atom. The molecule has 0 atom stereocenters. The van der Waals surface area contributed by atoms with Gasteiger partial charge in [-0.1, -0.05) is 32.0 Å². The van der Waals surface area contributed by atoms with Crippen LogP contribution in [0.4, 0.5) is 10.6 Å². The summed E-state index contributed by atoms with van der Waals surface area (Å²) in [5, 5.41) is 29.6. The Morgan fingerprint density at radius 3 is 2.57 bits per heavy atom. The summed E-state index contributed by atoms with van der Waals surface area (Å²) in [4.78, 5) is 39.5. The van der Waals surface area contributed by atoms with Crippen molar-refractivity contribution in [2.24, 2.45) is 0 Å². The van der Waals surface area contributed by atoms with Gasteiger partial charge in [0, 0.05) is 66.5 Å². The number of carbonyl (C=O) groups excluding carboxylic acids is 1. The third-order valence-corrected chi connectivity index (χ3v) is 9.90. The number of nitrogens with one attached hydrogen (secondary N) is 1. The average molecular weight is 711 g/mol. The molecule has 266 valence electrons. The molecule has 7 heterocycles. The maximum Gasteiger partial charge on any atom is 0.415 e. The van der Waals surface area contributed by atoms with E-state index in [0.717, 1.165) is 38.4 Å². The number of H-pyrrole nitrogens is 1. The molecule has 1 saturated heterocycles. The van der Waals surface area contributed by atoms with Crippen LogP contribution < -0.4 is 10.6 Å². The molecule has 0 radical (unpaired) electrons. The largest absolute Gasteiger partial charge is 0.508 e. The molecule has 7 aromatic rings. The second-order valence-electron chi connectivity index (χ2n) is 13.5. The number of piperazine rings is 1. The Balaban J connectivity index is 0.893. The molecule has 5 aromatic heterocycles. The van der Waals surface area contributed by atoms with Gasteiger partial charge in [0.1, 0.15) is 30.2 Å². The number of aromatic amines is 1. The second-order valence-corrected chi connectivity index (χ2v) is 13.5. The number of pyridine rings is 3. The molecule has 0 spiro atoms. The molecule has 3 N–H and O–H groups in total. The maximum absolute atomic E-state index is 13.4. The summed E-state index contributed by atoms with van der Waals surface area (Å²) in [6.45, 7) is 6.04. The van der Waals surface area contributed by atoms with Gasteiger partial charge in [-0.2, -0.15) is 5.10 Å². The highest BCUT2D eigenvalue weighted by atomic mass is 16.6. The molecule has 9 rings (SSSR count). The van der Waals surface area contributed by atoms with Crippen molar-refractivity contribution in [1.29, 1.82) is 0 Å². The van der Waals surface area contributed by atoms with Gasteiger partial charge in [0.05, 0.1) is 34.0 Å². The molecule has 1 fully saturated rings. The lowest BCUT2D eigenvalue weighted by Gasteiger charge is -2.35. The van der Waals surface area contributed by atoms with E-state index in [-0.39, 0.29) is 23.2 Å². The second kappa shape index (κ2) is 12.4. The molecule has 2 aromatic carbocycles.